The smallest absolute Gasteiger partial charge is 0.313 e. The molecule has 0 saturated carbocycles. The van der Waals surface area contributed by atoms with Crippen LogP contribution in [0.15, 0.2) is 12.1 Å². The zero-order valence-electron chi connectivity index (χ0n) is 8.94. The molecule has 0 spiro atoms. The molecule has 17 heavy (non-hydrogen) atoms. The first-order valence-corrected chi connectivity index (χ1v) is 6.57. The van der Waals surface area contributed by atoms with Crippen molar-refractivity contribution in [2.45, 2.75) is 5.75 Å². The van der Waals surface area contributed by atoms with Crippen LogP contribution in [0.3, 0.4) is 0 Å². The van der Waals surface area contributed by atoms with Gasteiger partial charge in [-0.15, -0.1) is 11.8 Å². The van der Waals surface area contributed by atoms with Gasteiger partial charge in [0, 0.05) is 5.75 Å². The molecule has 0 unspecified atom stereocenters. The van der Waals surface area contributed by atoms with E-state index in [9.17, 15) is 4.79 Å². The highest BCUT2D eigenvalue weighted by Crippen LogP contribution is 2.38. The summed E-state index contributed by atoms with van der Waals surface area (Å²) in [4.78, 5) is 10.4. The van der Waals surface area contributed by atoms with Crippen molar-refractivity contribution in [1.82, 2.24) is 0 Å². The zero-order chi connectivity index (χ0) is 12.3. The topological polar surface area (TPSA) is 55.8 Å². The number of benzene rings is 1. The highest BCUT2D eigenvalue weighted by atomic mass is 35.5. The molecule has 4 nitrogen and oxygen atoms in total. The quantitative estimate of drug-likeness (QED) is 0.914. The van der Waals surface area contributed by atoms with E-state index in [1.54, 1.807) is 6.07 Å². The summed E-state index contributed by atoms with van der Waals surface area (Å²) < 4.78 is 10.8. The molecule has 1 aliphatic rings. The number of ether oxygens (including phenoxy) is 2. The summed E-state index contributed by atoms with van der Waals surface area (Å²) in [7, 11) is 0. The van der Waals surface area contributed by atoms with Crippen molar-refractivity contribution in [3.63, 3.8) is 0 Å². The Bertz CT molecular complexity index is 436. The van der Waals surface area contributed by atoms with E-state index < -0.39 is 5.97 Å². The lowest BCUT2D eigenvalue weighted by Gasteiger charge is -2.20. The predicted molar refractivity (Wildman–Crippen MR) is 66.2 cm³/mol. The van der Waals surface area contributed by atoms with Crippen molar-refractivity contribution < 1.29 is 19.4 Å². The molecule has 0 radical (unpaired) electrons. The van der Waals surface area contributed by atoms with Gasteiger partial charge in [-0.05, 0) is 17.7 Å². The van der Waals surface area contributed by atoms with Gasteiger partial charge in [0.15, 0.2) is 11.5 Å². The Morgan fingerprint density at radius 1 is 1.41 bits per heavy atom. The van der Waals surface area contributed by atoms with Crippen molar-refractivity contribution in [3.8, 4) is 11.5 Å². The second-order valence-electron chi connectivity index (χ2n) is 3.49. The second kappa shape index (κ2) is 5.51. The van der Waals surface area contributed by atoms with Crippen molar-refractivity contribution in [1.29, 1.82) is 0 Å². The van der Waals surface area contributed by atoms with E-state index in [1.165, 1.54) is 11.8 Å². The summed E-state index contributed by atoms with van der Waals surface area (Å²) in [6.45, 7) is 1.01. The number of rotatable bonds is 4. The first-order valence-electron chi connectivity index (χ1n) is 5.04. The number of carbonyl (C=O) groups is 1. The molecule has 0 fully saturated rings. The van der Waals surface area contributed by atoms with Crippen LogP contribution in [-0.2, 0) is 10.5 Å². The number of hydrogen-bond donors (Lipinski definition) is 1. The van der Waals surface area contributed by atoms with Crippen LogP contribution in [0, 0.1) is 0 Å². The largest absolute Gasteiger partial charge is 0.486 e. The van der Waals surface area contributed by atoms with Gasteiger partial charge in [0.05, 0.1) is 10.8 Å². The van der Waals surface area contributed by atoms with Crippen molar-refractivity contribution in [3.05, 3.63) is 22.7 Å². The van der Waals surface area contributed by atoms with E-state index in [1.807, 2.05) is 6.07 Å². The third-order valence-electron chi connectivity index (χ3n) is 2.15. The molecule has 1 aromatic rings. The average Bonchev–Trinajstić information content (AvgIpc) is 2.28. The van der Waals surface area contributed by atoms with Crippen LogP contribution < -0.4 is 9.47 Å². The second-order valence-corrected chi connectivity index (χ2v) is 4.88. The van der Waals surface area contributed by atoms with Crippen LogP contribution in [0.4, 0.5) is 0 Å². The molecular weight excluding hydrogens is 264 g/mol. The summed E-state index contributed by atoms with van der Waals surface area (Å²) in [5.41, 5.74) is 0.936. The van der Waals surface area contributed by atoms with E-state index >= 15 is 0 Å². The van der Waals surface area contributed by atoms with E-state index in [2.05, 4.69) is 0 Å². The van der Waals surface area contributed by atoms with Crippen LogP contribution in [0.1, 0.15) is 5.56 Å². The molecule has 92 valence electrons. The van der Waals surface area contributed by atoms with Gasteiger partial charge >= 0.3 is 5.97 Å². The normalized spacial score (nSPS) is 13.5. The SMILES string of the molecule is O=C(O)CSCc1cc(Cl)c2c(c1)OCCO2. The van der Waals surface area contributed by atoms with Crippen LogP contribution in [0.25, 0.3) is 0 Å². The number of fused-ring (bicyclic) bond motifs is 1. The third kappa shape index (κ3) is 3.20. The van der Waals surface area contributed by atoms with Crippen molar-refractivity contribution in [2.24, 2.45) is 0 Å². The molecular formula is C11H11ClO4S. The Morgan fingerprint density at radius 3 is 2.94 bits per heavy atom. The minimum Gasteiger partial charge on any atom is -0.486 e. The molecule has 0 saturated heterocycles. The predicted octanol–water partition coefficient (Wildman–Crippen LogP) is 2.43. The Balaban J connectivity index is 2.08. The molecule has 1 aliphatic heterocycles. The average molecular weight is 275 g/mol. The minimum atomic E-state index is -0.821. The van der Waals surface area contributed by atoms with Gasteiger partial charge in [0.1, 0.15) is 13.2 Å². The van der Waals surface area contributed by atoms with Crippen molar-refractivity contribution >= 4 is 29.3 Å². The lowest BCUT2D eigenvalue weighted by molar-refractivity contribution is -0.133. The highest BCUT2D eigenvalue weighted by molar-refractivity contribution is 7.99. The first-order chi connectivity index (χ1) is 8.16. The van der Waals surface area contributed by atoms with Gasteiger partial charge in [-0.3, -0.25) is 4.79 Å². The van der Waals surface area contributed by atoms with Gasteiger partial charge in [-0.1, -0.05) is 11.6 Å². The maximum absolute atomic E-state index is 10.4. The van der Waals surface area contributed by atoms with Gasteiger partial charge < -0.3 is 14.6 Å². The summed E-state index contributed by atoms with van der Waals surface area (Å²) >= 11 is 7.38. The first kappa shape index (κ1) is 12.4. The zero-order valence-corrected chi connectivity index (χ0v) is 10.5. The number of carboxylic acids is 1. The molecule has 1 N–H and O–H groups in total. The summed E-state index contributed by atoms with van der Waals surface area (Å²) in [5.74, 6) is 1.05. The molecule has 0 atom stereocenters. The van der Waals surface area contributed by atoms with Crippen LogP contribution in [-0.4, -0.2) is 30.0 Å². The Hall–Kier alpha value is -1.07. The van der Waals surface area contributed by atoms with E-state index in [4.69, 9.17) is 26.2 Å². The Morgan fingerprint density at radius 2 is 2.18 bits per heavy atom. The van der Waals surface area contributed by atoms with Gasteiger partial charge in [0.25, 0.3) is 0 Å². The molecule has 0 bridgehead atoms. The monoisotopic (exact) mass is 274 g/mol. The summed E-state index contributed by atoms with van der Waals surface area (Å²) in [5, 5.41) is 9.05. The highest BCUT2D eigenvalue weighted by Gasteiger charge is 2.16. The fourth-order valence-electron chi connectivity index (χ4n) is 1.50. The maximum atomic E-state index is 10.4. The summed E-state index contributed by atoms with van der Waals surface area (Å²) in [6, 6.07) is 3.62. The maximum Gasteiger partial charge on any atom is 0.313 e. The Labute approximate surface area is 108 Å². The molecule has 2 rings (SSSR count). The number of aliphatic carboxylic acids is 1. The number of hydrogen-bond acceptors (Lipinski definition) is 4. The molecule has 0 aliphatic carbocycles. The standard InChI is InChI=1S/C11H11ClO4S/c12-8-3-7(5-17-6-10(13)14)4-9-11(8)16-2-1-15-9/h3-4H,1-2,5-6H2,(H,13,14). The van der Waals surface area contributed by atoms with Gasteiger partial charge in [-0.2, -0.15) is 0 Å². The van der Waals surface area contributed by atoms with Crippen LogP contribution in [0.2, 0.25) is 5.02 Å². The fourth-order valence-corrected chi connectivity index (χ4v) is 2.47. The third-order valence-corrected chi connectivity index (χ3v) is 3.42. The summed E-state index contributed by atoms with van der Waals surface area (Å²) in [6.07, 6.45) is 0. The molecule has 1 aromatic carbocycles. The fraction of sp³-hybridized carbons (Fsp3) is 0.364. The molecule has 6 heteroatoms. The number of carboxylic acid groups (broad SMARTS) is 1. The molecule has 0 aromatic heterocycles. The van der Waals surface area contributed by atoms with Crippen molar-refractivity contribution in [2.75, 3.05) is 19.0 Å². The lowest BCUT2D eigenvalue weighted by atomic mass is 10.2. The van der Waals surface area contributed by atoms with Gasteiger partial charge in [-0.25, -0.2) is 0 Å². The van der Waals surface area contributed by atoms with E-state index in [-0.39, 0.29) is 5.75 Å². The Kier molecular flexibility index (Phi) is 4.02. The minimum absolute atomic E-state index is 0.0755. The lowest BCUT2D eigenvalue weighted by Crippen LogP contribution is -2.15. The van der Waals surface area contributed by atoms with Crippen LogP contribution >= 0.6 is 23.4 Å². The van der Waals surface area contributed by atoms with E-state index in [0.29, 0.717) is 35.5 Å². The number of halogens is 1. The molecule has 1 heterocycles. The van der Waals surface area contributed by atoms with Gasteiger partial charge in [0.2, 0.25) is 0 Å². The number of thioether (sulfide) groups is 1. The van der Waals surface area contributed by atoms with E-state index in [0.717, 1.165) is 5.56 Å². The molecule has 0 amide bonds. The van der Waals surface area contributed by atoms with Crippen LogP contribution in [0.5, 0.6) is 11.5 Å².